The van der Waals surface area contributed by atoms with Gasteiger partial charge in [-0.1, -0.05) is 0 Å². The number of alkyl halides is 3. The van der Waals surface area contributed by atoms with Crippen molar-refractivity contribution in [3.8, 4) is 0 Å². The highest BCUT2D eigenvalue weighted by Gasteiger charge is 2.61. The van der Waals surface area contributed by atoms with Crippen molar-refractivity contribution in [2.24, 2.45) is 4.99 Å². The number of hydrogen-bond donors (Lipinski definition) is 2. The Bertz CT molecular complexity index is 1050. The maximum Gasteiger partial charge on any atom is 0.422 e. The number of hydrogen-bond acceptors (Lipinski definition) is 5. The Morgan fingerprint density at radius 1 is 1.34 bits per heavy atom. The summed E-state index contributed by atoms with van der Waals surface area (Å²) < 4.78 is 73.4. The standard InChI is InChI=1S/C20H19F5N4O3/c1-19(20(23,24)25)15-10(8-32-19)7-26-16(29(15)2)18(31)27-13-4-3-9-5-11(21)6-12(22)14(9)28-17(13)30/h5-7,13,16H,3-4,8H2,1-2H3,(H,27,31)(H,28,30)/t13-,16?,19+/m0/s1. The molecule has 0 radical (unpaired) electrons. The topological polar surface area (TPSA) is 83.0 Å². The second-order valence-electron chi connectivity index (χ2n) is 7.97. The quantitative estimate of drug-likeness (QED) is 0.667. The van der Waals surface area contributed by atoms with Crippen LogP contribution < -0.4 is 10.6 Å². The van der Waals surface area contributed by atoms with Crippen molar-refractivity contribution < 1.29 is 36.3 Å². The van der Waals surface area contributed by atoms with Crippen LogP contribution in [0.2, 0.25) is 0 Å². The number of ether oxygens (including phenoxy) is 1. The fourth-order valence-electron chi connectivity index (χ4n) is 4.16. The molecule has 3 aliphatic rings. The minimum absolute atomic E-state index is 0.0327. The van der Waals surface area contributed by atoms with Crippen LogP contribution in [-0.2, 0) is 20.7 Å². The Hall–Kier alpha value is -3.02. The molecular formula is C20H19F5N4O3. The number of likely N-dealkylation sites (N-methyl/N-ethyl adjacent to an activating group) is 1. The lowest BCUT2D eigenvalue weighted by Crippen LogP contribution is -2.55. The molecule has 3 atom stereocenters. The van der Waals surface area contributed by atoms with E-state index in [0.717, 1.165) is 24.1 Å². The summed E-state index contributed by atoms with van der Waals surface area (Å²) in [6.07, 6.45) is -4.81. The molecule has 0 spiro atoms. The van der Waals surface area contributed by atoms with Crippen LogP contribution >= 0.6 is 0 Å². The zero-order valence-corrected chi connectivity index (χ0v) is 17.0. The third-order valence-corrected chi connectivity index (χ3v) is 5.86. The molecule has 0 fully saturated rings. The van der Waals surface area contributed by atoms with Gasteiger partial charge in [0.25, 0.3) is 5.91 Å². The number of halogens is 5. The first-order chi connectivity index (χ1) is 14.9. The third kappa shape index (κ3) is 3.51. The van der Waals surface area contributed by atoms with Gasteiger partial charge in [-0.3, -0.25) is 14.6 Å². The summed E-state index contributed by atoms with van der Waals surface area (Å²) in [5.74, 6) is -3.28. The van der Waals surface area contributed by atoms with Gasteiger partial charge < -0.3 is 20.3 Å². The highest BCUT2D eigenvalue weighted by molar-refractivity contribution is 5.99. The van der Waals surface area contributed by atoms with Crippen molar-refractivity contribution in [1.29, 1.82) is 0 Å². The van der Waals surface area contributed by atoms with Gasteiger partial charge in [0.15, 0.2) is 6.17 Å². The molecule has 3 heterocycles. The molecule has 3 aliphatic heterocycles. The number of nitrogens with zero attached hydrogens (tertiary/aromatic N) is 2. The molecular weight excluding hydrogens is 439 g/mol. The van der Waals surface area contributed by atoms with Crippen LogP contribution in [0.25, 0.3) is 0 Å². The molecule has 7 nitrogen and oxygen atoms in total. The zero-order valence-electron chi connectivity index (χ0n) is 17.0. The van der Waals surface area contributed by atoms with E-state index in [1.807, 2.05) is 0 Å². The number of amides is 2. The van der Waals surface area contributed by atoms with Crippen LogP contribution in [0, 0.1) is 11.6 Å². The van der Waals surface area contributed by atoms with E-state index in [4.69, 9.17) is 4.74 Å². The lowest BCUT2D eigenvalue weighted by atomic mass is 9.97. The number of aryl methyl sites for hydroxylation is 1. The molecule has 1 aromatic rings. The Morgan fingerprint density at radius 2 is 2.06 bits per heavy atom. The second kappa shape index (κ2) is 7.54. The Labute approximate surface area is 179 Å². The van der Waals surface area contributed by atoms with Gasteiger partial charge in [-0.2, -0.15) is 13.2 Å². The number of rotatable bonds is 2. The Morgan fingerprint density at radius 3 is 2.75 bits per heavy atom. The highest BCUT2D eigenvalue weighted by atomic mass is 19.4. The van der Waals surface area contributed by atoms with Crippen LogP contribution in [0.1, 0.15) is 18.9 Å². The minimum Gasteiger partial charge on any atom is -0.355 e. The summed E-state index contributed by atoms with van der Waals surface area (Å²) in [4.78, 5) is 30.5. The maximum atomic E-state index is 14.0. The molecule has 32 heavy (non-hydrogen) atoms. The lowest BCUT2D eigenvalue weighted by Gasteiger charge is -2.38. The van der Waals surface area contributed by atoms with E-state index in [2.05, 4.69) is 15.6 Å². The van der Waals surface area contributed by atoms with Crippen molar-refractivity contribution in [2.75, 3.05) is 19.0 Å². The van der Waals surface area contributed by atoms with Crippen molar-refractivity contribution >= 4 is 23.7 Å². The molecule has 12 heteroatoms. The SMILES string of the molecule is CN1C2=C(C=NC1C(=O)N[C@H]1CCc3cc(F)cc(F)c3NC1=O)CO[C@@]2(C)C(F)(F)F. The fraction of sp³-hybridized carbons (Fsp3) is 0.450. The zero-order chi connectivity index (χ0) is 23.4. The number of nitrogens with one attached hydrogen (secondary N) is 2. The van der Waals surface area contributed by atoms with Crippen LogP contribution in [0.4, 0.5) is 27.6 Å². The predicted molar refractivity (Wildman–Crippen MR) is 103 cm³/mol. The van der Waals surface area contributed by atoms with Gasteiger partial charge in [0.2, 0.25) is 11.5 Å². The molecule has 0 aromatic heterocycles. The lowest BCUT2D eigenvalue weighted by molar-refractivity contribution is -0.250. The summed E-state index contributed by atoms with van der Waals surface area (Å²) in [6.45, 7) is 0.572. The first kappa shape index (κ1) is 22.2. The first-order valence-corrected chi connectivity index (χ1v) is 9.72. The highest BCUT2D eigenvalue weighted by Crippen LogP contribution is 2.46. The van der Waals surface area contributed by atoms with Gasteiger partial charge in [-0.05, 0) is 31.4 Å². The van der Waals surface area contributed by atoms with Crippen molar-refractivity contribution in [1.82, 2.24) is 10.2 Å². The van der Waals surface area contributed by atoms with Gasteiger partial charge in [0.05, 0.1) is 18.0 Å². The van der Waals surface area contributed by atoms with E-state index in [-0.39, 0.29) is 42.0 Å². The molecule has 0 aliphatic carbocycles. The summed E-state index contributed by atoms with van der Waals surface area (Å²) >= 11 is 0. The molecule has 4 rings (SSSR count). The predicted octanol–water partition coefficient (Wildman–Crippen LogP) is 2.28. The number of carbonyl (C=O) groups excluding carboxylic acids is 2. The maximum absolute atomic E-state index is 14.0. The van der Waals surface area contributed by atoms with E-state index in [1.54, 1.807) is 0 Å². The van der Waals surface area contributed by atoms with E-state index in [1.165, 1.54) is 7.05 Å². The Kier molecular flexibility index (Phi) is 5.23. The van der Waals surface area contributed by atoms with E-state index in [0.29, 0.717) is 6.07 Å². The van der Waals surface area contributed by atoms with Gasteiger partial charge in [-0.15, -0.1) is 0 Å². The number of benzene rings is 1. The van der Waals surface area contributed by atoms with Crippen molar-refractivity contribution in [3.05, 3.63) is 40.6 Å². The summed E-state index contributed by atoms with van der Waals surface area (Å²) in [5, 5.41) is 4.79. The molecule has 2 N–H and O–H groups in total. The van der Waals surface area contributed by atoms with Gasteiger partial charge >= 0.3 is 6.18 Å². The number of fused-ring (bicyclic) bond motifs is 1. The van der Waals surface area contributed by atoms with Crippen LogP contribution in [0.15, 0.2) is 28.4 Å². The normalized spacial score (nSPS) is 27.6. The Balaban J connectivity index is 1.51. The van der Waals surface area contributed by atoms with Crippen LogP contribution in [-0.4, -0.2) is 60.6 Å². The smallest absolute Gasteiger partial charge is 0.355 e. The summed E-state index contributed by atoms with van der Waals surface area (Å²) in [6, 6.07) is 0.606. The number of anilines is 1. The molecule has 0 saturated heterocycles. The number of carbonyl (C=O) groups is 2. The fourth-order valence-corrected chi connectivity index (χ4v) is 4.16. The number of aliphatic imine (C=N–C) groups is 1. The van der Waals surface area contributed by atoms with Crippen LogP contribution in [0.5, 0.6) is 0 Å². The third-order valence-electron chi connectivity index (χ3n) is 5.86. The average molecular weight is 458 g/mol. The van der Waals surface area contributed by atoms with Gasteiger partial charge in [0, 0.05) is 24.9 Å². The molecule has 1 unspecified atom stereocenters. The monoisotopic (exact) mass is 458 g/mol. The van der Waals surface area contributed by atoms with Gasteiger partial charge in [0.1, 0.15) is 17.7 Å². The molecule has 1 aromatic carbocycles. The minimum atomic E-state index is -4.73. The van der Waals surface area contributed by atoms with Gasteiger partial charge in [-0.25, -0.2) is 8.78 Å². The largest absolute Gasteiger partial charge is 0.422 e. The van der Waals surface area contributed by atoms with Crippen LogP contribution in [0.3, 0.4) is 0 Å². The van der Waals surface area contributed by atoms with E-state index in [9.17, 15) is 31.5 Å². The van der Waals surface area contributed by atoms with E-state index < -0.39 is 47.4 Å². The molecule has 0 saturated carbocycles. The van der Waals surface area contributed by atoms with E-state index >= 15 is 0 Å². The molecule has 172 valence electrons. The first-order valence-electron chi connectivity index (χ1n) is 9.72. The molecule has 2 amide bonds. The average Bonchev–Trinajstić information content (AvgIpc) is 2.98. The summed E-state index contributed by atoms with van der Waals surface area (Å²) in [7, 11) is 1.29. The van der Waals surface area contributed by atoms with Crippen molar-refractivity contribution in [3.63, 3.8) is 0 Å². The van der Waals surface area contributed by atoms with Crippen molar-refractivity contribution in [2.45, 2.75) is 43.8 Å². The molecule has 0 bridgehead atoms. The second-order valence-corrected chi connectivity index (χ2v) is 7.97. The summed E-state index contributed by atoms with van der Waals surface area (Å²) in [5.41, 5.74) is -2.56.